The van der Waals surface area contributed by atoms with Gasteiger partial charge in [-0.15, -0.1) is 0 Å². The highest BCUT2D eigenvalue weighted by atomic mass is 16.4. The molecule has 8 aromatic rings. The summed E-state index contributed by atoms with van der Waals surface area (Å²) in [4.78, 5) is 48.3. The molecule has 0 aromatic heterocycles. The van der Waals surface area contributed by atoms with E-state index in [4.69, 9.17) is 0 Å². The molecule has 348 valence electrons. The largest absolute Gasteiger partial charge is 0.478 e. The van der Waals surface area contributed by atoms with Crippen molar-refractivity contribution >= 4 is 71.1 Å². The number of carbonyl (C=O) groups is 4. The third-order valence-electron chi connectivity index (χ3n) is 11.2. The maximum atomic E-state index is 12.4. The number of aromatic carboxylic acids is 1. The van der Waals surface area contributed by atoms with Crippen molar-refractivity contribution in [3.05, 3.63) is 273 Å². The van der Waals surface area contributed by atoms with Gasteiger partial charge < -0.3 is 21.1 Å². The van der Waals surface area contributed by atoms with Crippen LogP contribution in [0.1, 0.15) is 91.5 Å². The first-order valence-electron chi connectivity index (χ1n) is 22.7. The first kappa shape index (κ1) is 50.3. The highest BCUT2D eigenvalue weighted by Crippen LogP contribution is 2.23. The fraction of sp³-hybridized carbons (Fsp3) is 0.0645. The predicted molar refractivity (Wildman–Crippen MR) is 289 cm³/mol. The van der Waals surface area contributed by atoms with Gasteiger partial charge in [-0.2, -0.15) is 0 Å². The summed E-state index contributed by atoms with van der Waals surface area (Å²) in [6.45, 7) is 11.8. The van der Waals surface area contributed by atoms with Crippen LogP contribution in [0, 0.1) is 27.7 Å². The molecule has 0 aliphatic heterocycles. The number of rotatable bonds is 12. The molecule has 0 spiro atoms. The van der Waals surface area contributed by atoms with Crippen molar-refractivity contribution in [2.24, 2.45) is 0 Å². The van der Waals surface area contributed by atoms with Crippen molar-refractivity contribution in [1.29, 1.82) is 0 Å². The number of carboxylic acid groups (broad SMARTS) is 1. The van der Waals surface area contributed by atoms with Crippen LogP contribution >= 0.6 is 0 Å². The van der Waals surface area contributed by atoms with Crippen LogP contribution in [0.15, 0.2) is 201 Å². The first-order chi connectivity index (χ1) is 33.9. The third kappa shape index (κ3) is 14.7. The Morgan fingerprint density at radius 1 is 0.386 bits per heavy atom. The van der Waals surface area contributed by atoms with E-state index in [2.05, 4.69) is 59.8 Å². The first-order valence-corrected chi connectivity index (χ1v) is 22.7. The molecule has 0 aliphatic carbocycles. The minimum absolute atomic E-state index is 0.0484. The van der Waals surface area contributed by atoms with Crippen LogP contribution in [0.3, 0.4) is 0 Å². The van der Waals surface area contributed by atoms with Crippen LogP contribution in [0.2, 0.25) is 0 Å². The van der Waals surface area contributed by atoms with Gasteiger partial charge in [0, 0.05) is 28.1 Å². The maximum Gasteiger partial charge on any atom is 0.337 e. The molecule has 0 radical (unpaired) electrons. The number of carboxylic acids is 1. The van der Waals surface area contributed by atoms with Gasteiger partial charge in [-0.05, 0) is 138 Å². The molecule has 0 fully saturated rings. The van der Waals surface area contributed by atoms with Crippen molar-refractivity contribution in [2.75, 3.05) is 16.0 Å². The molecule has 8 rings (SSSR count). The fourth-order valence-electron chi connectivity index (χ4n) is 7.01. The van der Waals surface area contributed by atoms with E-state index in [1.54, 1.807) is 54.6 Å². The quantitative estimate of drug-likeness (QED) is 0.0909. The Hall–Kier alpha value is -9.14. The maximum absolute atomic E-state index is 12.4. The smallest absolute Gasteiger partial charge is 0.337 e. The molecule has 0 saturated heterocycles. The van der Waals surface area contributed by atoms with E-state index >= 15 is 0 Å². The number of amides is 3. The summed E-state index contributed by atoms with van der Waals surface area (Å²) in [5.41, 5.74) is 13.3. The monoisotopic (exact) mass is 921 g/mol. The minimum atomic E-state index is -1.09. The van der Waals surface area contributed by atoms with Crippen LogP contribution in [-0.4, -0.2) is 28.8 Å². The normalized spacial score (nSPS) is 10.5. The Labute approximate surface area is 410 Å². The van der Waals surface area contributed by atoms with Crippen molar-refractivity contribution in [3.8, 4) is 0 Å². The van der Waals surface area contributed by atoms with E-state index < -0.39 is 5.97 Å². The zero-order valence-corrected chi connectivity index (χ0v) is 39.6. The number of carbonyl (C=O) groups excluding carboxylic acids is 3. The zero-order chi connectivity index (χ0) is 49.8. The fourth-order valence-corrected chi connectivity index (χ4v) is 7.01. The van der Waals surface area contributed by atoms with Gasteiger partial charge in [-0.3, -0.25) is 14.4 Å². The molecule has 3 amide bonds. The molecule has 0 unspecified atom stereocenters. The van der Waals surface area contributed by atoms with Gasteiger partial charge >= 0.3 is 5.97 Å². The summed E-state index contributed by atoms with van der Waals surface area (Å²) in [5.74, 6) is -1.63. The summed E-state index contributed by atoms with van der Waals surface area (Å²) in [5, 5.41) is 18.0. The van der Waals surface area contributed by atoms with E-state index in [0.717, 1.165) is 50.3 Å². The lowest BCUT2D eigenvalue weighted by molar-refractivity contribution is 0.0697. The average molecular weight is 922 g/mol. The molecule has 0 saturated carbocycles. The molecule has 0 heterocycles. The second-order valence-corrected chi connectivity index (χ2v) is 16.3. The van der Waals surface area contributed by atoms with Gasteiger partial charge in [0.05, 0.1) is 11.3 Å². The summed E-state index contributed by atoms with van der Waals surface area (Å²) in [6.07, 6.45) is 9.79. The second kappa shape index (κ2) is 25.1. The molecule has 0 atom stereocenters. The van der Waals surface area contributed by atoms with Crippen molar-refractivity contribution in [3.63, 3.8) is 0 Å². The van der Waals surface area contributed by atoms with Crippen LogP contribution in [-0.2, 0) is 0 Å². The van der Waals surface area contributed by atoms with Crippen LogP contribution in [0.5, 0.6) is 0 Å². The molecular formula is C62H55N3O5. The van der Waals surface area contributed by atoms with E-state index in [1.165, 1.54) is 17.2 Å². The molecule has 8 aromatic carbocycles. The summed E-state index contributed by atoms with van der Waals surface area (Å²) in [7, 11) is 0. The van der Waals surface area contributed by atoms with Crippen molar-refractivity contribution in [2.45, 2.75) is 27.7 Å². The Morgan fingerprint density at radius 3 is 1.13 bits per heavy atom. The molecule has 8 nitrogen and oxygen atoms in total. The minimum Gasteiger partial charge on any atom is -0.478 e. The Balaban J connectivity index is 0.000000176. The Bertz CT molecular complexity index is 3160. The third-order valence-corrected chi connectivity index (χ3v) is 11.2. The Kier molecular flexibility index (Phi) is 18.0. The number of aryl methyl sites for hydroxylation is 4. The number of hydrogen-bond acceptors (Lipinski definition) is 4. The average Bonchev–Trinajstić information content (AvgIpc) is 3.38. The van der Waals surface area contributed by atoms with Gasteiger partial charge in [0.1, 0.15) is 0 Å². The molecule has 8 heteroatoms. The SMILES string of the molecule is C=Cc1ccc(C)c(NC(=O)c2ccccc2)c1.Cc1ccccc1/C=C/c1ccc(C(=O)O)c(NC(=O)c2ccccc2)c1.Cc1ccccc1/C=C/c1ccc(C)c(NC(=O)c2ccccc2)c1. The molecule has 0 aliphatic rings. The summed E-state index contributed by atoms with van der Waals surface area (Å²) < 4.78 is 0. The van der Waals surface area contributed by atoms with E-state index in [1.807, 2.05) is 154 Å². The topological polar surface area (TPSA) is 125 Å². The molecule has 70 heavy (non-hydrogen) atoms. The van der Waals surface area contributed by atoms with Gasteiger partial charge in [0.25, 0.3) is 17.7 Å². The van der Waals surface area contributed by atoms with Gasteiger partial charge in [0.15, 0.2) is 0 Å². The molecule has 4 N–H and O–H groups in total. The van der Waals surface area contributed by atoms with Gasteiger partial charge in [-0.1, -0.05) is 170 Å². The van der Waals surface area contributed by atoms with E-state index in [0.29, 0.717) is 16.7 Å². The number of hydrogen-bond donors (Lipinski definition) is 4. The van der Waals surface area contributed by atoms with E-state index in [9.17, 15) is 24.3 Å². The highest BCUT2D eigenvalue weighted by Gasteiger charge is 2.14. The Morgan fingerprint density at radius 2 is 0.729 bits per heavy atom. The number of benzene rings is 8. The highest BCUT2D eigenvalue weighted by molar-refractivity contribution is 6.08. The predicted octanol–water partition coefficient (Wildman–Crippen LogP) is 14.7. The van der Waals surface area contributed by atoms with Gasteiger partial charge in [-0.25, -0.2) is 4.79 Å². The van der Waals surface area contributed by atoms with Crippen LogP contribution in [0.25, 0.3) is 30.4 Å². The summed E-state index contributed by atoms with van der Waals surface area (Å²) in [6, 6.07) is 60.2. The number of anilines is 3. The van der Waals surface area contributed by atoms with E-state index in [-0.39, 0.29) is 29.0 Å². The number of nitrogens with one attached hydrogen (secondary N) is 3. The molecule has 0 bridgehead atoms. The van der Waals surface area contributed by atoms with Crippen molar-refractivity contribution < 1.29 is 24.3 Å². The van der Waals surface area contributed by atoms with Gasteiger partial charge in [0.2, 0.25) is 0 Å². The lowest BCUT2D eigenvalue weighted by Crippen LogP contribution is -2.14. The second-order valence-electron chi connectivity index (χ2n) is 16.3. The van der Waals surface area contributed by atoms with Crippen LogP contribution < -0.4 is 16.0 Å². The summed E-state index contributed by atoms with van der Waals surface area (Å²) >= 11 is 0. The van der Waals surface area contributed by atoms with Crippen molar-refractivity contribution in [1.82, 2.24) is 0 Å². The van der Waals surface area contributed by atoms with Crippen LogP contribution in [0.4, 0.5) is 17.1 Å². The molecular weight excluding hydrogens is 867 g/mol. The lowest BCUT2D eigenvalue weighted by atomic mass is 10.0. The lowest BCUT2D eigenvalue weighted by Gasteiger charge is -2.10. The zero-order valence-electron chi connectivity index (χ0n) is 39.6. The standard InChI is InChI=1S/C23H19NO3.C23H21NO.C16H15NO/c1-16-7-5-6-8-18(16)13-11-17-12-14-20(23(26)27)21(15-17)24-22(25)19-9-3-2-4-10-19;1-17-8-6-7-9-20(17)15-14-19-13-12-18(2)22(16-19)24-23(25)21-10-4-3-5-11-21;1-3-13-10-9-12(2)15(11-13)17-16(18)14-7-5-4-6-8-14/h2-15H,1H3,(H,24,25)(H,26,27);3-16H,1-2H3,(H,24,25);3-11H,1H2,2H3,(H,17,18)/b13-11+;15-14+;.